The summed E-state index contributed by atoms with van der Waals surface area (Å²) in [6, 6.07) is 3.79. The molecule has 0 aliphatic carbocycles. The van der Waals surface area contributed by atoms with Gasteiger partial charge in [-0.1, -0.05) is 15.9 Å². The van der Waals surface area contributed by atoms with Crippen LogP contribution in [0.1, 0.15) is 18.6 Å². The fourth-order valence-corrected chi connectivity index (χ4v) is 2.53. The van der Waals surface area contributed by atoms with Crippen LogP contribution in [0.2, 0.25) is 0 Å². The van der Waals surface area contributed by atoms with Crippen molar-refractivity contribution in [3.63, 3.8) is 0 Å². The number of furan rings is 1. The number of rotatable bonds is 7. The minimum absolute atomic E-state index is 0.579. The van der Waals surface area contributed by atoms with Crippen molar-refractivity contribution < 1.29 is 4.42 Å². The lowest BCUT2D eigenvalue weighted by atomic mass is 10.3. The second kappa shape index (κ2) is 6.71. The highest BCUT2D eigenvalue weighted by Crippen LogP contribution is 2.18. The van der Waals surface area contributed by atoms with Crippen LogP contribution in [0, 0.1) is 0 Å². The molecule has 0 atom stereocenters. The van der Waals surface area contributed by atoms with E-state index in [-0.39, 0.29) is 0 Å². The Hall–Kier alpha value is -1.89. The average molecular weight is 350 g/mol. The third-order valence-corrected chi connectivity index (χ3v) is 3.75. The fourth-order valence-electron chi connectivity index (χ4n) is 2.13. The van der Waals surface area contributed by atoms with Gasteiger partial charge in [-0.15, -0.1) is 0 Å². The van der Waals surface area contributed by atoms with Gasteiger partial charge in [-0.2, -0.15) is 0 Å². The number of hydrogen-bond acceptors (Lipinski definition) is 5. The molecule has 0 fully saturated rings. The zero-order chi connectivity index (χ0) is 14.5. The van der Waals surface area contributed by atoms with E-state index < -0.39 is 0 Å². The molecule has 0 aliphatic rings. The molecule has 0 amide bonds. The molecule has 3 rings (SSSR count). The maximum absolute atomic E-state index is 5.30. The van der Waals surface area contributed by atoms with Gasteiger partial charge in [0.1, 0.15) is 17.6 Å². The Kier molecular flexibility index (Phi) is 4.49. The molecule has 0 saturated carbocycles. The molecule has 6 nitrogen and oxygen atoms in total. The zero-order valence-electron chi connectivity index (χ0n) is 11.5. The van der Waals surface area contributed by atoms with E-state index in [1.807, 2.05) is 18.5 Å². The van der Waals surface area contributed by atoms with Crippen LogP contribution >= 0.6 is 15.9 Å². The van der Waals surface area contributed by atoms with Crippen molar-refractivity contribution in [1.82, 2.24) is 19.5 Å². The number of imidazole rings is 1. The van der Waals surface area contributed by atoms with Crippen molar-refractivity contribution in [1.29, 1.82) is 0 Å². The molecule has 110 valence electrons. The minimum Gasteiger partial charge on any atom is -0.467 e. The first kappa shape index (κ1) is 14.1. The molecule has 7 heteroatoms. The Morgan fingerprint density at radius 3 is 3.00 bits per heavy atom. The monoisotopic (exact) mass is 349 g/mol. The number of unbranched alkanes of at least 4 members (excludes halogenated alkanes) is 1. The summed E-state index contributed by atoms with van der Waals surface area (Å²) in [6.45, 7) is 1.49. The number of nitrogens with zero attached hydrogens (tertiary/aromatic N) is 4. The van der Waals surface area contributed by atoms with Crippen LogP contribution in [-0.2, 0) is 13.1 Å². The molecular formula is C14H16BrN5O. The van der Waals surface area contributed by atoms with Crippen molar-refractivity contribution >= 4 is 32.9 Å². The average Bonchev–Trinajstić information content (AvgIpc) is 3.15. The van der Waals surface area contributed by atoms with Crippen molar-refractivity contribution in [2.45, 2.75) is 25.9 Å². The largest absolute Gasteiger partial charge is 0.467 e. The summed E-state index contributed by atoms with van der Waals surface area (Å²) in [7, 11) is 0. The van der Waals surface area contributed by atoms with Crippen molar-refractivity contribution in [2.75, 3.05) is 10.6 Å². The number of hydrogen-bond donors (Lipinski definition) is 1. The van der Waals surface area contributed by atoms with Gasteiger partial charge in [-0.25, -0.2) is 15.0 Å². The van der Waals surface area contributed by atoms with E-state index >= 15 is 0 Å². The Bertz CT molecular complexity index is 695. The molecule has 0 unspecified atom stereocenters. The van der Waals surface area contributed by atoms with Gasteiger partial charge < -0.3 is 14.3 Å². The van der Waals surface area contributed by atoms with Gasteiger partial charge in [0.15, 0.2) is 11.5 Å². The highest BCUT2D eigenvalue weighted by Gasteiger charge is 2.10. The van der Waals surface area contributed by atoms with E-state index in [4.69, 9.17) is 4.42 Å². The Labute approximate surface area is 130 Å². The van der Waals surface area contributed by atoms with Gasteiger partial charge in [0.25, 0.3) is 0 Å². The molecule has 0 bridgehead atoms. The van der Waals surface area contributed by atoms with E-state index in [0.717, 1.165) is 47.5 Å². The quantitative estimate of drug-likeness (QED) is 0.523. The molecule has 0 aliphatic heterocycles. The van der Waals surface area contributed by atoms with Gasteiger partial charge in [-0.05, 0) is 25.0 Å². The summed E-state index contributed by atoms with van der Waals surface area (Å²) < 4.78 is 7.37. The number of aromatic nitrogens is 4. The van der Waals surface area contributed by atoms with E-state index in [2.05, 4.69) is 40.8 Å². The van der Waals surface area contributed by atoms with Crippen LogP contribution in [0.15, 0.2) is 35.5 Å². The first-order valence-electron chi connectivity index (χ1n) is 6.86. The molecule has 1 N–H and O–H groups in total. The van der Waals surface area contributed by atoms with E-state index in [0.29, 0.717) is 6.54 Å². The second-order valence-electron chi connectivity index (χ2n) is 4.66. The topological polar surface area (TPSA) is 68.8 Å². The molecule has 3 aromatic rings. The number of halogens is 1. The standard InChI is InChI=1S/C14H16BrN5O/c15-5-1-2-6-20-10-19-12-13(17-9-18-14(12)20)16-8-11-4-3-7-21-11/h3-4,7,9-10H,1-2,5-6,8H2,(H,16,17,18). The molecule has 0 aromatic carbocycles. The summed E-state index contributed by atoms with van der Waals surface area (Å²) in [4.78, 5) is 13.0. The smallest absolute Gasteiger partial charge is 0.165 e. The van der Waals surface area contributed by atoms with Gasteiger partial charge in [0, 0.05) is 11.9 Å². The number of aryl methyl sites for hydroxylation is 1. The number of fused-ring (bicyclic) bond motifs is 1. The first-order valence-corrected chi connectivity index (χ1v) is 7.98. The van der Waals surface area contributed by atoms with Crippen molar-refractivity contribution in [3.8, 4) is 0 Å². The van der Waals surface area contributed by atoms with Crippen LogP contribution in [0.5, 0.6) is 0 Å². The third-order valence-electron chi connectivity index (χ3n) is 3.19. The Balaban J connectivity index is 1.76. The van der Waals surface area contributed by atoms with Crippen LogP contribution < -0.4 is 5.32 Å². The fraction of sp³-hybridized carbons (Fsp3) is 0.357. The van der Waals surface area contributed by atoms with Crippen LogP contribution in [0.3, 0.4) is 0 Å². The summed E-state index contributed by atoms with van der Waals surface area (Å²) in [5, 5.41) is 4.26. The van der Waals surface area contributed by atoms with Gasteiger partial charge in [0.2, 0.25) is 0 Å². The molecule has 21 heavy (non-hydrogen) atoms. The third kappa shape index (κ3) is 3.24. The second-order valence-corrected chi connectivity index (χ2v) is 5.45. The number of anilines is 1. The summed E-state index contributed by atoms with van der Waals surface area (Å²) in [5.41, 5.74) is 1.66. The highest BCUT2D eigenvalue weighted by atomic mass is 79.9. The van der Waals surface area contributed by atoms with Crippen LogP contribution in [-0.4, -0.2) is 24.8 Å². The number of nitrogens with one attached hydrogen (secondary N) is 1. The summed E-state index contributed by atoms with van der Waals surface area (Å²) >= 11 is 3.45. The molecular weight excluding hydrogens is 334 g/mol. The maximum Gasteiger partial charge on any atom is 0.165 e. The highest BCUT2D eigenvalue weighted by molar-refractivity contribution is 9.09. The summed E-state index contributed by atoms with van der Waals surface area (Å²) in [6.07, 6.45) is 7.27. The van der Waals surface area contributed by atoms with Gasteiger partial charge in [-0.3, -0.25) is 0 Å². The lowest BCUT2D eigenvalue weighted by Crippen LogP contribution is -2.03. The molecule has 3 aromatic heterocycles. The SMILES string of the molecule is BrCCCCn1cnc2c(NCc3ccco3)ncnc21. The predicted octanol–water partition coefficient (Wildman–Crippen LogP) is 3.21. The first-order chi connectivity index (χ1) is 10.4. The normalized spacial score (nSPS) is 11.1. The van der Waals surface area contributed by atoms with Gasteiger partial charge >= 0.3 is 0 Å². The lowest BCUT2D eigenvalue weighted by molar-refractivity contribution is 0.518. The van der Waals surface area contributed by atoms with Crippen molar-refractivity contribution in [3.05, 3.63) is 36.8 Å². The summed E-state index contributed by atoms with van der Waals surface area (Å²) in [5.74, 6) is 1.59. The molecule has 0 spiro atoms. The zero-order valence-corrected chi connectivity index (χ0v) is 13.1. The minimum atomic E-state index is 0.579. The molecule has 0 saturated heterocycles. The lowest BCUT2D eigenvalue weighted by Gasteiger charge is -2.05. The number of alkyl halides is 1. The molecule has 0 radical (unpaired) electrons. The predicted molar refractivity (Wildman–Crippen MR) is 84.4 cm³/mol. The Morgan fingerprint density at radius 1 is 1.24 bits per heavy atom. The van der Waals surface area contributed by atoms with Crippen molar-refractivity contribution in [2.24, 2.45) is 0 Å². The van der Waals surface area contributed by atoms with Crippen LogP contribution in [0.4, 0.5) is 5.82 Å². The van der Waals surface area contributed by atoms with E-state index in [1.54, 1.807) is 12.6 Å². The Morgan fingerprint density at radius 2 is 2.19 bits per heavy atom. The van der Waals surface area contributed by atoms with Gasteiger partial charge in [0.05, 0.1) is 19.1 Å². The van der Waals surface area contributed by atoms with E-state index in [1.165, 1.54) is 0 Å². The molecule has 3 heterocycles. The van der Waals surface area contributed by atoms with E-state index in [9.17, 15) is 0 Å². The maximum atomic E-state index is 5.30. The van der Waals surface area contributed by atoms with Crippen LogP contribution in [0.25, 0.3) is 11.2 Å².